The minimum absolute atomic E-state index is 0. The number of rotatable bonds is 18. The van der Waals surface area contributed by atoms with Gasteiger partial charge in [-0.15, -0.1) is 35.6 Å². The predicted molar refractivity (Wildman–Crippen MR) is 210 cm³/mol. The van der Waals surface area contributed by atoms with E-state index in [9.17, 15) is 19.2 Å². The fourth-order valence-electron chi connectivity index (χ4n) is 5.49. The van der Waals surface area contributed by atoms with E-state index in [1.54, 1.807) is 71.6 Å². The van der Waals surface area contributed by atoms with E-state index in [2.05, 4.69) is 38.3 Å². The maximum absolute atomic E-state index is 13.2. The van der Waals surface area contributed by atoms with Crippen LogP contribution in [-0.2, 0) is 32.4 Å². The molecule has 17 heteroatoms. The number of carbonyl (C=O) groups is 4. The first-order valence-corrected chi connectivity index (χ1v) is 17.4. The van der Waals surface area contributed by atoms with Crippen molar-refractivity contribution in [2.24, 2.45) is 26.9 Å². The number of nitrogens with two attached hydrogens (primary N) is 1. The molecule has 0 saturated heterocycles. The van der Waals surface area contributed by atoms with Gasteiger partial charge in [0.05, 0.1) is 22.9 Å². The summed E-state index contributed by atoms with van der Waals surface area (Å²) < 4.78 is 4.77. The third kappa shape index (κ3) is 11.6. The van der Waals surface area contributed by atoms with E-state index in [0.29, 0.717) is 53.1 Å². The highest BCUT2D eigenvalue weighted by Gasteiger charge is 2.19. The van der Waals surface area contributed by atoms with Crippen molar-refractivity contribution in [2.45, 2.75) is 25.7 Å². The Hall–Kier alpha value is -4.92. The van der Waals surface area contributed by atoms with Crippen LogP contribution in [-0.4, -0.2) is 74.6 Å². The van der Waals surface area contributed by atoms with E-state index in [0.717, 1.165) is 30.8 Å². The molecule has 4 rings (SSSR count). The van der Waals surface area contributed by atoms with Crippen LogP contribution in [0.15, 0.2) is 61.1 Å². The van der Waals surface area contributed by atoms with Crippen LogP contribution >= 0.6 is 35.6 Å². The van der Waals surface area contributed by atoms with Crippen molar-refractivity contribution < 1.29 is 19.2 Å². The SMILES string of the molecule is Cl.Cn1cc(NC(=O)c2cc(NC(=O)c3cc(NC(=O)CCCc4ccc(N(CCCl)CCCl)cc4)cn3C)cn2C)cc1C(=O)NCCC(=N)N. The number of hydrogen-bond donors (Lipinski definition) is 6. The second-order valence-corrected chi connectivity index (χ2v) is 12.8. The molecule has 7 N–H and O–H groups in total. The molecule has 52 heavy (non-hydrogen) atoms. The van der Waals surface area contributed by atoms with Crippen molar-refractivity contribution in [3.05, 3.63) is 83.7 Å². The zero-order valence-corrected chi connectivity index (χ0v) is 31.6. The van der Waals surface area contributed by atoms with E-state index in [-0.39, 0.29) is 48.7 Å². The molecule has 0 spiro atoms. The van der Waals surface area contributed by atoms with Crippen molar-refractivity contribution in [1.29, 1.82) is 5.41 Å². The van der Waals surface area contributed by atoms with Crippen LogP contribution in [0.2, 0.25) is 0 Å². The molecule has 3 heterocycles. The third-order valence-electron chi connectivity index (χ3n) is 8.07. The molecule has 1 aromatic carbocycles. The van der Waals surface area contributed by atoms with Gasteiger partial charge in [0.15, 0.2) is 0 Å². The Balaban J connectivity index is 0.00000729. The van der Waals surface area contributed by atoms with Gasteiger partial charge in [-0.3, -0.25) is 24.6 Å². The van der Waals surface area contributed by atoms with E-state index in [1.807, 2.05) is 12.1 Å². The molecular formula is C35H45Cl3N10O4. The molecule has 0 unspecified atom stereocenters. The fraction of sp³-hybridized carbons (Fsp3) is 0.343. The van der Waals surface area contributed by atoms with Crippen LogP contribution in [0.4, 0.5) is 22.7 Å². The number of anilines is 4. The summed E-state index contributed by atoms with van der Waals surface area (Å²) in [5.41, 5.74) is 9.74. The Bertz CT molecular complexity index is 1860. The van der Waals surface area contributed by atoms with E-state index in [1.165, 1.54) is 0 Å². The number of alkyl halides is 2. The van der Waals surface area contributed by atoms with E-state index < -0.39 is 11.8 Å². The second kappa shape index (κ2) is 19.6. The number of nitrogens with zero attached hydrogens (tertiary/aromatic N) is 4. The predicted octanol–water partition coefficient (Wildman–Crippen LogP) is 4.93. The van der Waals surface area contributed by atoms with Crippen LogP contribution in [0.1, 0.15) is 56.3 Å². The summed E-state index contributed by atoms with van der Waals surface area (Å²) in [5.74, 6) is -0.368. The largest absolute Gasteiger partial charge is 0.388 e. The topological polar surface area (TPSA) is 184 Å². The van der Waals surface area contributed by atoms with E-state index in [4.69, 9.17) is 34.3 Å². The lowest BCUT2D eigenvalue weighted by Gasteiger charge is -2.23. The summed E-state index contributed by atoms with van der Waals surface area (Å²) in [6, 6.07) is 12.9. The van der Waals surface area contributed by atoms with Gasteiger partial charge in [0.1, 0.15) is 17.1 Å². The Morgan fingerprint density at radius 2 is 1.19 bits per heavy atom. The van der Waals surface area contributed by atoms with Gasteiger partial charge in [-0.05, 0) is 48.7 Å². The molecule has 0 fully saturated rings. The Labute approximate surface area is 318 Å². The summed E-state index contributed by atoms with van der Waals surface area (Å²) in [6.45, 7) is 1.66. The molecule has 0 atom stereocenters. The first-order valence-electron chi connectivity index (χ1n) is 16.4. The Morgan fingerprint density at radius 3 is 1.65 bits per heavy atom. The molecule has 4 amide bonds. The van der Waals surface area contributed by atoms with Gasteiger partial charge >= 0.3 is 0 Å². The summed E-state index contributed by atoms with van der Waals surface area (Å²) in [4.78, 5) is 53.6. The number of aryl methyl sites for hydroxylation is 4. The number of aromatic nitrogens is 3. The number of amidine groups is 1. The van der Waals surface area contributed by atoms with Gasteiger partial charge < -0.3 is 45.6 Å². The van der Waals surface area contributed by atoms with Crippen LogP contribution < -0.4 is 31.9 Å². The normalized spacial score (nSPS) is 10.6. The average Bonchev–Trinajstić information content (AvgIpc) is 3.75. The van der Waals surface area contributed by atoms with Gasteiger partial charge in [0.2, 0.25) is 5.91 Å². The van der Waals surface area contributed by atoms with Gasteiger partial charge in [0, 0.05) is 89.7 Å². The molecule has 0 saturated carbocycles. The highest BCUT2D eigenvalue weighted by atomic mass is 35.5. The number of hydrogen-bond acceptors (Lipinski definition) is 6. The molecule has 0 aliphatic carbocycles. The Morgan fingerprint density at radius 1 is 0.731 bits per heavy atom. The van der Waals surface area contributed by atoms with Crippen LogP contribution in [0.5, 0.6) is 0 Å². The molecule has 0 radical (unpaired) electrons. The summed E-state index contributed by atoms with van der Waals surface area (Å²) in [5, 5.41) is 18.4. The van der Waals surface area contributed by atoms with E-state index >= 15 is 0 Å². The number of benzene rings is 1. The number of carbonyl (C=O) groups excluding carboxylic acids is 4. The number of nitrogens with one attached hydrogen (secondary N) is 5. The highest BCUT2D eigenvalue weighted by molar-refractivity contribution is 6.18. The highest BCUT2D eigenvalue weighted by Crippen LogP contribution is 2.21. The summed E-state index contributed by atoms with van der Waals surface area (Å²) >= 11 is 11.8. The third-order valence-corrected chi connectivity index (χ3v) is 8.41. The van der Waals surface area contributed by atoms with Crippen molar-refractivity contribution in [3.63, 3.8) is 0 Å². The lowest BCUT2D eigenvalue weighted by atomic mass is 10.1. The molecule has 14 nitrogen and oxygen atoms in total. The lowest BCUT2D eigenvalue weighted by Crippen LogP contribution is -2.28. The van der Waals surface area contributed by atoms with Crippen LogP contribution in [0.25, 0.3) is 0 Å². The van der Waals surface area contributed by atoms with Gasteiger partial charge in [0.25, 0.3) is 17.7 Å². The monoisotopic (exact) mass is 774 g/mol. The zero-order valence-electron chi connectivity index (χ0n) is 29.3. The quantitative estimate of drug-likeness (QED) is 0.0473. The van der Waals surface area contributed by atoms with Crippen molar-refractivity contribution in [3.8, 4) is 0 Å². The van der Waals surface area contributed by atoms with Crippen LogP contribution in [0.3, 0.4) is 0 Å². The first kappa shape index (κ1) is 41.5. The minimum atomic E-state index is -0.441. The van der Waals surface area contributed by atoms with Gasteiger partial charge in [-0.25, -0.2) is 0 Å². The zero-order chi connectivity index (χ0) is 37.1. The molecule has 0 aliphatic rings. The lowest BCUT2D eigenvalue weighted by molar-refractivity contribution is -0.116. The molecule has 0 bridgehead atoms. The Kier molecular flexibility index (Phi) is 15.7. The van der Waals surface area contributed by atoms with Crippen molar-refractivity contribution in [1.82, 2.24) is 19.0 Å². The fourth-order valence-corrected chi connectivity index (χ4v) is 5.90. The summed E-state index contributed by atoms with van der Waals surface area (Å²) in [7, 11) is 5.06. The number of halogens is 3. The minimum Gasteiger partial charge on any atom is -0.388 e. The smallest absolute Gasteiger partial charge is 0.272 e. The molecule has 4 aromatic rings. The molecule has 3 aromatic heterocycles. The van der Waals surface area contributed by atoms with Gasteiger partial charge in [-0.2, -0.15) is 0 Å². The molecule has 280 valence electrons. The van der Waals surface area contributed by atoms with Crippen molar-refractivity contribution in [2.75, 3.05) is 52.2 Å². The first-order chi connectivity index (χ1) is 24.4. The maximum atomic E-state index is 13.2. The molecular weight excluding hydrogens is 731 g/mol. The average molecular weight is 776 g/mol. The van der Waals surface area contributed by atoms with Gasteiger partial charge in [-0.1, -0.05) is 12.1 Å². The summed E-state index contributed by atoms with van der Waals surface area (Å²) in [6.07, 6.45) is 6.83. The second-order valence-electron chi connectivity index (χ2n) is 12.0. The van der Waals surface area contributed by atoms with Crippen LogP contribution in [0, 0.1) is 5.41 Å². The maximum Gasteiger partial charge on any atom is 0.272 e. The standard InChI is InChI=1S/C35H44Cl2N10O4.ClH/c1-44-21-25(18-28(44)33(49)40-14-11-31(38)39)42-35(51)30-19-26(22-46(30)3)43-34(50)29-17-24(20-45(29)2)41-32(48)6-4-5-23-7-9-27(10-8-23)47(15-12-36)16-13-37;/h7-10,17-22H,4-6,11-16H2,1-3H3,(H3,38,39)(H,40,49)(H,41,48)(H,42,51)(H,43,50);1H. The van der Waals surface area contributed by atoms with Crippen molar-refractivity contribution >= 4 is 87.8 Å². The number of amides is 4. The molecule has 0 aliphatic heterocycles.